The second kappa shape index (κ2) is 10.9. The number of para-hydroxylation sites is 1. The normalized spacial score (nSPS) is 12.0. The van der Waals surface area contributed by atoms with Gasteiger partial charge >= 0.3 is 0 Å². The second-order valence-corrected chi connectivity index (χ2v) is 7.08. The Morgan fingerprint density at radius 2 is 1.70 bits per heavy atom. The average Bonchev–Trinajstić information content (AvgIpc) is 2.81. The summed E-state index contributed by atoms with van der Waals surface area (Å²) in [5, 5.41) is 9.03. The van der Waals surface area contributed by atoms with E-state index in [0.717, 1.165) is 17.7 Å². The summed E-state index contributed by atoms with van der Waals surface area (Å²) in [7, 11) is 0. The highest BCUT2D eigenvalue weighted by atomic mass is 19.2. The van der Waals surface area contributed by atoms with E-state index in [1.54, 1.807) is 24.3 Å². The number of rotatable bonds is 8. The first-order chi connectivity index (χ1) is 15.8. The number of anilines is 1. The van der Waals surface area contributed by atoms with Crippen molar-refractivity contribution in [1.82, 2.24) is 5.32 Å². The predicted molar refractivity (Wildman–Crippen MR) is 120 cm³/mol. The van der Waals surface area contributed by atoms with Crippen molar-refractivity contribution in [3.05, 3.63) is 101 Å². The predicted octanol–water partition coefficient (Wildman–Crippen LogP) is 3.73. The number of hydrogen-bond acceptors (Lipinski definition) is 4. The van der Waals surface area contributed by atoms with Gasteiger partial charge in [0.05, 0.1) is 17.3 Å². The first kappa shape index (κ1) is 23.4. The van der Waals surface area contributed by atoms with E-state index in [9.17, 15) is 18.4 Å². The highest BCUT2D eigenvalue weighted by Crippen LogP contribution is 2.18. The number of nitrogens with two attached hydrogens (primary N) is 1. The Bertz CT molecular complexity index is 1170. The fourth-order valence-electron chi connectivity index (χ4n) is 2.94. The molecule has 1 atom stereocenters. The molecule has 170 valence electrons. The smallest absolute Gasteiger partial charge is 0.265 e. The van der Waals surface area contributed by atoms with E-state index in [0.29, 0.717) is 5.69 Å². The molecule has 0 radical (unpaired) electrons. The van der Waals surface area contributed by atoms with Crippen molar-refractivity contribution in [1.29, 1.82) is 0 Å². The van der Waals surface area contributed by atoms with Gasteiger partial charge in [-0.05, 0) is 42.8 Å². The summed E-state index contributed by atoms with van der Waals surface area (Å²) in [5.41, 5.74) is 7.27. The van der Waals surface area contributed by atoms with E-state index in [2.05, 4.69) is 15.8 Å². The van der Waals surface area contributed by atoms with E-state index in [1.165, 1.54) is 6.07 Å². The summed E-state index contributed by atoms with van der Waals surface area (Å²) in [6, 6.07) is 18.7. The molecule has 0 bridgehead atoms. The van der Waals surface area contributed by atoms with Crippen LogP contribution in [-0.2, 0) is 9.63 Å². The lowest BCUT2D eigenvalue weighted by atomic mass is 10.1. The van der Waals surface area contributed by atoms with E-state index in [-0.39, 0.29) is 28.9 Å². The molecule has 2 amide bonds. The molecular weight excluding hydrogens is 430 g/mol. The minimum atomic E-state index is -1.08. The van der Waals surface area contributed by atoms with Gasteiger partial charge in [0.2, 0.25) is 0 Å². The van der Waals surface area contributed by atoms with Crippen LogP contribution in [0.4, 0.5) is 14.5 Å². The van der Waals surface area contributed by atoms with Crippen molar-refractivity contribution >= 4 is 23.3 Å². The van der Waals surface area contributed by atoms with Crippen LogP contribution in [0.2, 0.25) is 0 Å². The monoisotopic (exact) mass is 452 g/mol. The Balaban J connectivity index is 1.60. The molecule has 0 saturated heterocycles. The molecule has 0 aromatic heterocycles. The Kier molecular flexibility index (Phi) is 7.69. The molecule has 0 fully saturated rings. The topological polar surface area (TPSA) is 106 Å². The second-order valence-electron chi connectivity index (χ2n) is 7.08. The van der Waals surface area contributed by atoms with Crippen molar-refractivity contribution in [2.24, 2.45) is 10.9 Å². The summed E-state index contributed by atoms with van der Waals surface area (Å²) < 4.78 is 26.3. The number of carbonyl (C=O) groups is 2. The Hall–Kier alpha value is -4.27. The number of halogens is 2. The van der Waals surface area contributed by atoms with Crippen LogP contribution < -0.4 is 16.4 Å². The first-order valence-electron chi connectivity index (χ1n) is 10.0. The molecule has 0 aliphatic rings. The van der Waals surface area contributed by atoms with Gasteiger partial charge in [0, 0.05) is 5.56 Å². The Labute approximate surface area is 189 Å². The fraction of sp³-hybridized carbons (Fsp3) is 0.125. The SMILES string of the molecule is CC(NC(=O)c1ccccc1NC(=O)CON=C(N)c1ccc(F)c(F)c1)c1ccccc1. The first-order valence-corrected chi connectivity index (χ1v) is 10.0. The van der Waals surface area contributed by atoms with E-state index >= 15 is 0 Å². The molecule has 0 heterocycles. The summed E-state index contributed by atoms with van der Waals surface area (Å²) in [6.45, 7) is 1.35. The number of amides is 2. The van der Waals surface area contributed by atoms with Crippen LogP contribution in [0.1, 0.15) is 34.5 Å². The van der Waals surface area contributed by atoms with Crippen molar-refractivity contribution in [3.8, 4) is 0 Å². The number of amidine groups is 1. The van der Waals surface area contributed by atoms with Gasteiger partial charge in [0.1, 0.15) is 0 Å². The van der Waals surface area contributed by atoms with Gasteiger partial charge in [-0.1, -0.05) is 47.6 Å². The van der Waals surface area contributed by atoms with Crippen molar-refractivity contribution < 1.29 is 23.2 Å². The van der Waals surface area contributed by atoms with E-state index in [4.69, 9.17) is 10.6 Å². The summed E-state index contributed by atoms with van der Waals surface area (Å²) in [4.78, 5) is 29.9. The maximum absolute atomic E-state index is 13.3. The zero-order chi connectivity index (χ0) is 23.8. The van der Waals surface area contributed by atoms with E-state index in [1.807, 2.05) is 37.3 Å². The molecule has 3 aromatic rings. The number of nitrogens with one attached hydrogen (secondary N) is 2. The molecule has 4 N–H and O–H groups in total. The van der Waals surface area contributed by atoms with Gasteiger partial charge in [-0.15, -0.1) is 0 Å². The number of hydrogen-bond donors (Lipinski definition) is 3. The Morgan fingerprint density at radius 3 is 2.42 bits per heavy atom. The lowest BCUT2D eigenvalue weighted by Crippen LogP contribution is -2.28. The van der Waals surface area contributed by atoms with Crippen molar-refractivity contribution in [2.45, 2.75) is 13.0 Å². The zero-order valence-corrected chi connectivity index (χ0v) is 17.7. The average molecular weight is 452 g/mol. The molecule has 0 aliphatic heterocycles. The third-order valence-corrected chi connectivity index (χ3v) is 4.67. The van der Waals surface area contributed by atoms with Crippen molar-refractivity contribution in [3.63, 3.8) is 0 Å². The molecular formula is C24H22F2N4O3. The Morgan fingerprint density at radius 1 is 1.00 bits per heavy atom. The van der Waals surface area contributed by atoms with Crippen LogP contribution in [-0.4, -0.2) is 24.3 Å². The number of nitrogens with zero attached hydrogens (tertiary/aromatic N) is 1. The minimum Gasteiger partial charge on any atom is -0.384 e. The molecule has 7 nitrogen and oxygen atoms in total. The summed E-state index contributed by atoms with van der Waals surface area (Å²) in [5.74, 6) is -3.28. The van der Waals surface area contributed by atoms with Crippen LogP contribution in [0.25, 0.3) is 0 Å². The van der Waals surface area contributed by atoms with Gasteiger partial charge < -0.3 is 21.2 Å². The highest BCUT2D eigenvalue weighted by Gasteiger charge is 2.16. The van der Waals surface area contributed by atoms with Gasteiger partial charge in [-0.3, -0.25) is 9.59 Å². The summed E-state index contributed by atoms with van der Waals surface area (Å²) in [6.07, 6.45) is 0. The quantitative estimate of drug-likeness (QED) is 0.275. The summed E-state index contributed by atoms with van der Waals surface area (Å²) >= 11 is 0. The third-order valence-electron chi connectivity index (χ3n) is 4.67. The van der Waals surface area contributed by atoms with Gasteiger partial charge in [-0.25, -0.2) is 8.78 Å². The van der Waals surface area contributed by atoms with Crippen LogP contribution in [0.5, 0.6) is 0 Å². The zero-order valence-electron chi connectivity index (χ0n) is 17.7. The van der Waals surface area contributed by atoms with Crippen LogP contribution >= 0.6 is 0 Å². The molecule has 3 rings (SSSR count). The van der Waals surface area contributed by atoms with Gasteiger partial charge in [-0.2, -0.15) is 0 Å². The van der Waals surface area contributed by atoms with Crippen LogP contribution in [0.3, 0.4) is 0 Å². The van der Waals surface area contributed by atoms with Crippen molar-refractivity contribution in [2.75, 3.05) is 11.9 Å². The maximum Gasteiger partial charge on any atom is 0.265 e. The lowest BCUT2D eigenvalue weighted by Gasteiger charge is -2.16. The molecule has 0 aliphatic carbocycles. The number of benzene rings is 3. The molecule has 1 unspecified atom stereocenters. The molecule has 3 aromatic carbocycles. The number of oxime groups is 1. The lowest BCUT2D eigenvalue weighted by molar-refractivity contribution is -0.120. The van der Waals surface area contributed by atoms with Gasteiger partial charge in [0.15, 0.2) is 24.1 Å². The van der Waals surface area contributed by atoms with Crippen LogP contribution in [0, 0.1) is 11.6 Å². The molecule has 0 spiro atoms. The molecule has 9 heteroatoms. The maximum atomic E-state index is 13.3. The fourth-order valence-corrected chi connectivity index (χ4v) is 2.94. The third kappa shape index (κ3) is 6.36. The number of carbonyl (C=O) groups excluding carboxylic acids is 2. The van der Waals surface area contributed by atoms with Crippen LogP contribution in [0.15, 0.2) is 78.0 Å². The van der Waals surface area contributed by atoms with E-state index < -0.39 is 24.1 Å². The minimum absolute atomic E-state index is 0.101. The largest absolute Gasteiger partial charge is 0.384 e. The standard InChI is InChI=1S/C24H22F2N4O3/c1-15(16-7-3-2-4-8-16)28-24(32)18-9-5-6-10-21(18)29-22(31)14-33-30-23(27)17-11-12-19(25)20(26)13-17/h2-13,15H,14H2,1H3,(H2,27,30)(H,28,32)(H,29,31). The highest BCUT2D eigenvalue weighted by molar-refractivity contribution is 6.04. The molecule has 0 saturated carbocycles. The van der Waals surface area contributed by atoms with Gasteiger partial charge in [0.25, 0.3) is 11.8 Å². The molecule has 33 heavy (non-hydrogen) atoms.